The molecule has 4 atom stereocenters. The molecule has 2 N–H and O–H groups in total. The third-order valence-electron chi connectivity index (χ3n) is 10.1. The topological polar surface area (TPSA) is 143 Å². The molecular formula is C43H43N5O7. The molecule has 0 aliphatic carbocycles. The third kappa shape index (κ3) is 8.20. The van der Waals surface area contributed by atoms with Gasteiger partial charge in [0.2, 0.25) is 17.7 Å². The molecule has 7 rings (SSSR count). The summed E-state index contributed by atoms with van der Waals surface area (Å²) in [5.74, 6) is -0.0201. The Morgan fingerprint density at radius 3 is 1.51 bits per heavy atom. The number of methoxy groups -OCH3 is 2. The number of amides is 4. The van der Waals surface area contributed by atoms with Crippen molar-refractivity contribution < 1.29 is 33.1 Å². The van der Waals surface area contributed by atoms with E-state index in [9.17, 15) is 19.2 Å². The molecule has 2 saturated heterocycles. The second kappa shape index (κ2) is 16.9. The zero-order valence-electron chi connectivity index (χ0n) is 30.7. The van der Waals surface area contributed by atoms with Crippen LogP contribution in [0.2, 0.25) is 0 Å². The van der Waals surface area contributed by atoms with Gasteiger partial charge in [0, 0.05) is 49.8 Å². The summed E-state index contributed by atoms with van der Waals surface area (Å²) in [5, 5.41) is 5.91. The van der Waals surface area contributed by atoms with Gasteiger partial charge in [-0.15, -0.1) is 0 Å². The number of nitrogens with one attached hydrogen (secondary N) is 2. The van der Waals surface area contributed by atoms with Crippen LogP contribution in [0.5, 0.6) is 0 Å². The predicted octanol–water partition coefficient (Wildman–Crippen LogP) is 6.64. The molecular weight excluding hydrogens is 699 g/mol. The quantitative estimate of drug-likeness (QED) is 0.145. The SMILES string of the molecule is CO[C@H](C(=O)N1CCCC1C(=O)Nc1ccc(-c2cnc(-c3ccc(NC(=O)[C@@H]4CCCN4C(=O)[C@@H](OC)c4ccccc4)cc3)o2)cc1)c1ccccc1. The summed E-state index contributed by atoms with van der Waals surface area (Å²) in [5.41, 5.74) is 4.16. The maximum absolute atomic E-state index is 13.4. The smallest absolute Gasteiger partial charge is 0.257 e. The summed E-state index contributed by atoms with van der Waals surface area (Å²) in [6, 6.07) is 31.7. The van der Waals surface area contributed by atoms with E-state index in [1.165, 1.54) is 14.2 Å². The molecule has 2 fully saturated rings. The summed E-state index contributed by atoms with van der Waals surface area (Å²) in [7, 11) is 3.00. The second-order valence-electron chi connectivity index (χ2n) is 13.6. The average Bonchev–Trinajstić information content (AvgIpc) is 4.02. The van der Waals surface area contributed by atoms with E-state index in [2.05, 4.69) is 15.6 Å². The van der Waals surface area contributed by atoms with E-state index in [4.69, 9.17) is 13.9 Å². The second-order valence-corrected chi connectivity index (χ2v) is 13.6. The zero-order chi connectivity index (χ0) is 38.3. The lowest BCUT2D eigenvalue weighted by molar-refractivity contribution is -0.146. The normalized spacial score (nSPS) is 17.8. The number of nitrogens with zero attached hydrogens (tertiary/aromatic N) is 3. The van der Waals surface area contributed by atoms with Gasteiger partial charge in [0.05, 0.1) is 6.20 Å². The number of benzene rings is 4. The molecule has 4 aromatic carbocycles. The van der Waals surface area contributed by atoms with Crippen molar-refractivity contribution in [1.29, 1.82) is 0 Å². The number of likely N-dealkylation sites (tertiary alicyclic amines) is 2. The van der Waals surface area contributed by atoms with Gasteiger partial charge in [0.1, 0.15) is 12.1 Å². The highest BCUT2D eigenvalue weighted by Gasteiger charge is 2.39. The van der Waals surface area contributed by atoms with Crippen LogP contribution in [-0.2, 0) is 28.7 Å². The highest BCUT2D eigenvalue weighted by molar-refractivity contribution is 5.99. The summed E-state index contributed by atoms with van der Waals surface area (Å²) < 4.78 is 17.2. The fraction of sp³-hybridized carbons (Fsp3) is 0.279. The van der Waals surface area contributed by atoms with Gasteiger partial charge in [0.15, 0.2) is 18.0 Å². The number of hydrogen-bond acceptors (Lipinski definition) is 8. The third-order valence-corrected chi connectivity index (χ3v) is 10.1. The minimum absolute atomic E-state index is 0.230. The predicted molar refractivity (Wildman–Crippen MR) is 206 cm³/mol. The molecule has 0 spiro atoms. The molecule has 0 radical (unpaired) electrons. The van der Waals surface area contributed by atoms with Crippen LogP contribution in [0.3, 0.4) is 0 Å². The molecule has 2 aliphatic rings. The first kappa shape index (κ1) is 37.2. The number of carbonyl (C=O) groups excluding carboxylic acids is 4. The van der Waals surface area contributed by atoms with E-state index < -0.39 is 24.3 Å². The van der Waals surface area contributed by atoms with Crippen LogP contribution in [0.1, 0.15) is 49.0 Å². The molecule has 1 aromatic heterocycles. The van der Waals surface area contributed by atoms with Crippen LogP contribution in [0.15, 0.2) is 120 Å². The number of rotatable bonds is 12. The number of oxazole rings is 1. The Balaban J connectivity index is 0.944. The number of hydrogen-bond donors (Lipinski definition) is 2. The van der Waals surface area contributed by atoms with E-state index in [1.54, 1.807) is 40.3 Å². The minimum Gasteiger partial charge on any atom is -0.436 e. The van der Waals surface area contributed by atoms with Gasteiger partial charge in [-0.1, -0.05) is 60.7 Å². The highest BCUT2D eigenvalue weighted by Crippen LogP contribution is 2.31. The van der Waals surface area contributed by atoms with Gasteiger partial charge in [-0.2, -0.15) is 0 Å². The van der Waals surface area contributed by atoms with Gasteiger partial charge in [-0.3, -0.25) is 19.2 Å². The summed E-state index contributed by atoms with van der Waals surface area (Å²) >= 11 is 0. The Hall–Kier alpha value is -6.11. The summed E-state index contributed by atoms with van der Waals surface area (Å²) in [4.78, 5) is 61.2. The van der Waals surface area contributed by atoms with Crippen molar-refractivity contribution in [3.8, 4) is 22.8 Å². The largest absolute Gasteiger partial charge is 0.436 e. The molecule has 55 heavy (non-hydrogen) atoms. The molecule has 5 aromatic rings. The van der Waals surface area contributed by atoms with E-state index in [1.807, 2.05) is 84.9 Å². The first-order chi connectivity index (χ1) is 26.8. The van der Waals surface area contributed by atoms with Crippen LogP contribution in [0, 0.1) is 0 Å². The number of anilines is 2. The van der Waals surface area contributed by atoms with E-state index in [0.29, 0.717) is 49.0 Å². The fourth-order valence-corrected chi connectivity index (χ4v) is 7.33. The van der Waals surface area contributed by atoms with Crippen LogP contribution < -0.4 is 10.6 Å². The lowest BCUT2D eigenvalue weighted by Crippen LogP contribution is -2.45. The fourth-order valence-electron chi connectivity index (χ4n) is 7.33. The maximum atomic E-state index is 13.4. The van der Waals surface area contributed by atoms with E-state index in [0.717, 1.165) is 35.1 Å². The highest BCUT2D eigenvalue weighted by atomic mass is 16.5. The van der Waals surface area contributed by atoms with Crippen molar-refractivity contribution in [2.45, 2.75) is 50.0 Å². The lowest BCUT2D eigenvalue weighted by atomic mass is 10.1. The Bertz CT molecular complexity index is 1960. The number of ether oxygens (including phenoxy) is 2. The molecule has 12 nitrogen and oxygen atoms in total. The maximum Gasteiger partial charge on any atom is 0.257 e. The van der Waals surface area contributed by atoms with Crippen LogP contribution in [-0.4, -0.2) is 77.8 Å². The van der Waals surface area contributed by atoms with Gasteiger partial charge >= 0.3 is 0 Å². The Morgan fingerprint density at radius 2 is 1.07 bits per heavy atom. The molecule has 0 saturated carbocycles. The van der Waals surface area contributed by atoms with Gasteiger partial charge < -0.3 is 34.3 Å². The molecule has 282 valence electrons. The van der Waals surface area contributed by atoms with Crippen LogP contribution in [0.25, 0.3) is 22.8 Å². The van der Waals surface area contributed by atoms with Crippen molar-refractivity contribution in [1.82, 2.24) is 14.8 Å². The first-order valence-corrected chi connectivity index (χ1v) is 18.4. The molecule has 3 heterocycles. The summed E-state index contributed by atoms with van der Waals surface area (Å²) in [6.07, 6.45) is 2.67. The number of aromatic nitrogens is 1. The van der Waals surface area contributed by atoms with Crippen molar-refractivity contribution in [3.63, 3.8) is 0 Å². The van der Waals surface area contributed by atoms with Gasteiger partial charge in [-0.25, -0.2) is 4.98 Å². The minimum atomic E-state index is -0.778. The zero-order valence-corrected chi connectivity index (χ0v) is 30.7. The molecule has 12 heteroatoms. The van der Waals surface area contributed by atoms with Gasteiger partial charge in [0.25, 0.3) is 11.8 Å². The van der Waals surface area contributed by atoms with E-state index >= 15 is 0 Å². The molecule has 4 amide bonds. The molecule has 1 unspecified atom stereocenters. The standard InChI is InChI=1S/C43H43N5O7/c1-53-37(29-11-5-3-6-12-29)42(51)47-25-9-15-34(47)39(49)45-32-21-17-28(18-22-32)36-27-44-41(55-36)31-19-23-33(24-20-31)46-40(50)35-16-10-26-48(35)43(52)38(54-2)30-13-7-4-8-14-30/h3-8,11-14,17-24,27,34-35,37-38H,9-10,15-16,25-26H2,1-2H3,(H,45,49)(H,46,50)/t34?,35-,37-,38-/m0/s1. The van der Waals surface area contributed by atoms with E-state index in [-0.39, 0.29) is 23.6 Å². The van der Waals surface area contributed by atoms with Crippen LogP contribution >= 0.6 is 0 Å². The van der Waals surface area contributed by atoms with Crippen molar-refractivity contribution >= 4 is 35.0 Å². The molecule has 2 aliphatic heterocycles. The first-order valence-electron chi connectivity index (χ1n) is 18.4. The Kier molecular flexibility index (Phi) is 11.4. The van der Waals surface area contributed by atoms with Crippen molar-refractivity contribution in [2.75, 3.05) is 37.9 Å². The van der Waals surface area contributed by atoms with Crippen molar-refractivity contribution in [2.24, 2.45) is 0 Å². The Morgan fingerprint density at radius 1 is 0.636 bits per heavy atom. The van der Waals surface area contributed by atoms with Crippen LogP contribution in [0.4, 0.5) is 11.4 Å². The molecule has 0 bridgehead atoms. The number of carbonyl (C=O) groups is 4. The Labute approximate surface area is 319 Å². The monoisotopic (exact) mass is 741 g/mol. The van der Waals surface area contributed by atoms with Gasteiger partial charge in [-0.05, 0) is 85.3 Å². The lowest BCUT2D eigenvalue weighted by Gasteiger charge is -2.27. The average molecular weight is 742 g/mol. The van der Waals surface area contributed by atoms with Crippen molar-refractivity contribution in [3.05, 3.63) is 127 Å². The summed E-state index contributed by atoms with van der Waals surface area (Å²) in [6.45, 7) is 0.972.